The maximum absolute atomic E-state index is 13.3. The minimum atomic E-state index is -0.281. The van der Waals surface area contributed by atoms with Gasteiger partial charge in [-0.3, -0.25) is 14.5 Å². The number of hydrogen-bond donors (Lipinski definition) is 0. The summed E-state index contributed by atoms with van der Waals surface area (Å²) >= 11 is 0. The fraction of sp³-hybridized carbons (Fsp3) is 0.462. The van der Waals surface area contributed by atoms with Crippen LogP contribution in [-0.2, 0) is 11.3 Å². The van der Waals surface area contributed by atoms with Crippen molar-refractivity contribution in [3.05, 3.63) is 71.0 Å². The molecule has 2 aromatic rings. The molecular weight excluding hydrogens is 405 g/mol. The Hall–Kier alpha value is -2.73. The van der Waals surface area contributed by atoms with E-state index in [0.717, 1.165) is 56.7 Å². The van der Waals surface area contributed by atoms with Crippen LogP contribution in [0.5, 0.6) is 0 Å². The average Bonchev–Trinajstić information content (AvgIpc) is 2.81. The van der Waals surface area contributed by atoms with E-state index in [9.17, 15) is 14.0 Å². The molecule has 1 aliphatic rings. The second-order valence-corrected chi connectivity index (χ2v) is 8.49. The average molecular weight is 440 g/mol. The first-order valence-electron chi connectivity index (χ1n) is 11.6. The maximum Gasteiger partial charge on any atom is 0.254 e. The molecule has 0 unspecified atom stereocenters. The number of unbranched alkanes of at least 4 members (excludes halogenated alkanes) is 1. The zero-order chi connectivity index (χ0) is 22.9. The van der Waals surface area contributed by atoms with Crippen molar-refractivity contribution in [2.75, 3.05) is 39.3 Å². The first-order chi connectivity index (χ1) is 15.5. The van der Waals surface area contributed by atoms with Crippen LogP contribution >= 0.6 is 0 Å². The second kappa shape index (κ2) is 11.8. The number of benzene rings is 2. The number of halogens is 1. The molecule has 0 radical (unpaired) electrons. The first-order valence-corrected chi connectivity index (χ1v) is 11.6. The van der Waals surface area contributed by atoms with Crippen molar-refractivity contribution in [1.82, 2.24) is 14.7 Å². The molecular formula is C26H34FN3O2. The van der Waals surface area contributed by atoms with Gasteiger partial charge in [-0.05, 0) is 42.7 Å². The van der Waals surface area contributed by atoms with Crippen LogP contribution in [0, 0.1) is 12.7 Å². The predicted octanol–water partition coefficient (Wildman–Crippen LogP) is 4.11. The summed E-state index contributed by atoms with van der Waals surface area (Å²) in [6.45, 7) is 8.92. The van der Waals surface area contributed by atoms with E-state index in [-0.39, 0.29) is 17.6 Å². The number of rotatable bonds is 9. The van der Waals surface area contributed by atoms with E-state index < -0.39 is 0 Å². The number of amides is 2. The molecule has 172 valence electrons. The number of piperazine rings is 1. The van der Waals surface area contributed by atoms with Gasteiger partial charge in [0.15, 0.2) is 0 Å². The molecule has 0 aliphatic carbocycles. The molecule has 6 heteroatoms. The molecule has 3 rings (SSSR count). The third kappa shape index (κ3) is 6.63. The van der Waals surface area contributed by atoms with Crippen molar-refractivity contribution in [1.29, 1.82) is 0 Å². The summed E-state index contributed by atoms with van der Waals surface area (Å²) in [7, 11) is 0. The number of carbonyl (C=O) groups is 2. The molecule has 0 saturated carbocycles. The van der Waals surface area contributed by atoms with E-state index in [1.807, 2.05) is 41.0 Å². The van der Waals surface area contributed by atoms with Gasteiger partial charge in [-0.25, -0.2) is 4.39 Å². The summed E-state index contributed by atoms with van der Waals surface area (Å²) in [5.74, 6) is -0.0446. The number of aryl methyl sites for hydroxylation is 1. The lowest BCUT2D eigenvalue weighted by Crippen LogP contribution is -2.50. The Morgan fingerprint density at radius 2 is 1.69 bits per heavy atom. The number of nitrogens with zero attached hydrogens (tertiary/aromatic N) is 3. The summed E-state index contributed by atoms with van der Waals surface area (Å²) in [5.41, 5.74) is 2.54. The van der Waals surface area contributed by atoms with Crippen LogP contribution in [0.25, 0.3) is 0 Å². The highest BCUT2D eigenvalue weighted by atomic mass is 19.1. The molecule has 0 spiro atoms. The highest BCUT2D eigenvalue weighted by Crippen LogP contribution is 2.15. The Morgan fingerprint density at radius 1 is 1.00 bits per heavy atom. The van der Waals surface area contributed by atoms with Crippen molar-refractivity contribution >= 4 is 11.8 Å². The van der Waals surface area contributed by atoms with Gasteiger partial charge < -0.3 is 9.80 Å². The molecule has 2 aromatic carbocycles. The van der Waals surface area contributed by atoms with E-state index >= 15 is 0 Å². The normalized spacial score (nSPS) is 14.4. The Kier molecular flexibility index (Phi) is 8.80. The predicted molar refractivity (Wildman–Crippen MR) is 125 cm³/mol. The summed E-state index contributed by atoms with van der Waals surface area (Å²) in [6, 6.07) is 13.9. The molecule has 2 amide bonds. The van der Waals surface area contributed by atoms with E-state index in [1.54, 1.807) is 12.1 Å². The third-order valence-electron chi connectivity index (χ3n) is 6.10. The summed E-state index contributed by atoms with van der Waals surface area (Å²) < 4.78 is 13.3. The smallest absolute Gasteiger partial charge is 0.254 e. The SMILES string of the molecule is CCCCC(=O)N1CCN(CCN(Cc2ccc(F)cc2)C(=O)c2ccccc2C)CC1. The minimum absolute atomic E-state index is 0.0131. The number of carbonyl (C=O) groups excluding carboxylic acids is 2. The van der Waals surface area contributed by atoms with Crippen molar-refractivity contribution < 1.29 is 14.0 Å². The molecule has 5 nitrogen and oxygen atoms in total. The van der Waals surface area contributed by atoms with E-state index in [1.165, 1.54) is 12.1 Å². The van der Waals surface area contributed by atoms with Gasteiger partial charge in [-0.2, -0.15) is 0 Å². The van der Waals surface area contributed by atoms with Gasteiger partial charge in [0.2, 0.25) is 5.91 Å². The van der Waals surface area contributed by atoms with Gasteiger partial charge in [0, 0.05) is 57.8 Å². The van der Waals surface area contributed by atoms with Gasteiger partial charge in [0.1, 0.15) is 5.82 Å². The standard InChI is InChI=1S/C26H34FN3O2/c1-3-4-9-25(31)29-17-14-28(15-18-29)16-19-30(20-22-10-12-23(27)13-11-22)26(32)24-8-6-5-7-21(24)2/h5-8,10-13H,3-4,9,14-20H2,1-2H3. The van der Waals surface area contributed by atoms with Gasteiger partial charge in [-0.15, -0.1) is 0 Å². The highest BCUT2D eigenvalue weighted by Gasteiger charge is 2.23. The molecule has 1 heterocycles. The zero-order valence-corrected chi connectivity index (χ0v) is 19.2. The monoisotopic (exact) mass is 439 g/mol. The lowest BCUT2D eigenvalue weighted by molar-refractivity contribution is -0.133. The van der Waals surface area contributed by atoms with Crippen LogP contribution in [0.2, 0.25) is 0 Å². The highest BCUT2D eigenvalue weighted by molar-refractivity contribution is 5.95. The van der Waals surface area contributed by atoms with Crippen molar-refractivity contribution in [3.8, 4) is 0 Å². The lowest BCUT2D eigenvalue weighted by Gasteiger charge is -2.36. The lowest BCUT2D eigenvalue weighted by atomic mass is 10.1. The zero-order valence-electron chi connectivity index (χ0n) is 19.2. The van der Waals surface area contributed by atoms with Crippen LogP contribution in [0.1, 0.15) is 47.7 Å². The fourth-order valence-electron chi connectivity index (χ4n) is 4.01. The van der Waals surface area contributed by atoms with Crippen LogP contribution in [0.15, 0.2) is 48.5 Å². The van der Waals surface area contributed by atoms with Gasteiger partial charge in [-0.1, -0.05) is 43.7 Å². The Bertz CT molecular complexity index is 892. The third-order valence-corrected chi connectivity index (χ3v) is 6.10. The molecule has 1 aliphatic heterocycles. The topological polar surface area (TPSA) is 43.9 Å². The summed E-state index contributed by atoms with van der Waals surface area (Å²) in [4.78, 5) is 31.7. The van der Waals surface area contributed by atoms with Crippen LogP contribution in [0.4, 0.5) is 4.39 Å². The maximum atomic E-state index is 13.3. The van der Waals surface area contributed by atoms with Crippen LogP contribution in [-0.4, -0.2) is 65.8 Å². The Labute approximate surface area is 190 Å². The van der Waals surface area contributed by atoms with Gasteiger partial charge in [0.05, 0.1) is 0 Å². The molecule has 0 N–H and O–H groups in total. The van der Waals surface area contributed by atoms with E-state index in [2.05, 4.69) is 11.8 Å². The first kappa shape index (κ1) is 23.9. The molecule has 0 bridgehead atoms. The van der Waals surface area contributed by atoms with Crippen molar-refractivity contribution in [3.63, 3.8) is 0 Å². The summed E-state index contributed by atoms with van der Waals surface area (Å²) in [5, 5.41) is 0. The van der Waals surface area contributed by atoms with E-state index in [4.69, 9.17) is 0 Å². The van der Waals surface area contributed by atoms with Crippen molar-refractivity contribution in [2.45, 2.75) is 39.7 Å². The number of hydrogen-bond acceptors (Lipinski definition) is 3. The Morgan fingerprint density at radius 3 is 2.34 bits per heavy atom. The molecule has 0 atom stereocenters. The van der Waals surface area contributed by atoms with Crippen LogP contribution < -0.4 is 0 Å². The molecule has 32 heavy (non-hydrogen) atoms. The molecule has 0 aromatic heterocycles. The Balaban J connectivity index is 1.62. The fourth-order valence-corrected chi connectivity index (χ4v) is 4.01. The second-order valence-electron chi connectivity index (χ2n) is 8.49. The molecule has 1 fully saturated rings. The van der Waals surface area contributed by atoms with E-state index in [0.29, 0.717) is 25.1 Å². The van der Waals surface area contributed by atoms with Gasteiger partial charge in [0.25, 0.3) is 5.91 Å². The van der Waals surface area contributed by atoms with Crippen LogP contribution in [0.3, 0.4) is 0 Å². The largest absolute Gasteiger partial charge is 0.340 e. The van der Waals surface area contributed by atoms with Crippen molar-refractivity contribution in [2.24, 2.45) is 0 Å². The van der Waals surface area contributed by atoms with Gasteiger partial charge >= 0.3 is 0 Å². The minimum Gasteiger partial charge on any atom is -0.340 e. The molecule has 1 saturated heterocycles. The summed E-state index contributed by atoms with van der Waals surface area (Å²) in [6.07, 6.45) is 2.61. The quantitative estimate of drug-likeness (QED) is 0.591.